The molecule has 1 aromatic rings. The zero-order valence-corrected chi connectivity index (χ0v) is 11.2. The predicted molar refractivity (Wildman–Crippen MR) is 75.0 cm³/mol. The second-order valence-corrected chi connectivity index (χ2v) is 5.08. The molecule has 1 saturated heterocycles. The van der Waals surface area contributed by atoms with Crippen molar-refractivity contribution in [3.05, 3.63) is 41.5 Å². The summed E-state index contributed by atoms with van der Waals surface area (Å²) in [5, 5.41) is 9.19. The number of likely N-dealkylation sites (tertiary alicyclic amines) is 1. The quantitative estimate of drug-likeness (QED) is 0.601. The van der Waals surface area contributed by atoms with E-state index in [0.29, 0.717) is 5.92 Å². The van der Waals surface area contributed by atoms with Crippen LogP contribution in [0.3, 0.4) is 0 Å². The maximum absolute atomic E-state index is 12.3. The Bertz CT molecular complexity index is 513. The minimum Gasteiger partial charge on any atom is -0.338 e. The third kappa shape index (κ3) is 3.45. The summed E-state index contributed by atoms with van der Waals surface area (Å²) >= 11 is 0. The van der Waals surface area contributed by atoms with Gasteiger partial charge < -0.3 is 4.90 Å². The van der Waals surface area contributed by atoms with E-state index in [4.69, 9.17) is 0 Å². The van der Waals surface area contributed by atoms with Gasteiger partial charge in [-0.3, -0.25) is 4.79 Å². The molecule has 1 atom stereocenters. The second-order valence-electron chi connectivity index (χ2n) is 5.08. The highest BCUT2D eigenvalue weighted by Crippen LogP contribution is 2.18. The first-order valence-corrected chi connectivity index (χ1v) is 6.67. The Kier molecular flexibility index (Phi) is 4.35. The number of nitriles is 1. The fourth-order valence-corrected chi connectivity index (χ4v) is 2.40. The molecule has 0 radical (unpaired) electrons. The number of hydrogen-bond donors (Lipinski definition) is 0. The number of benzene rings is 1. The van der Waals surface area contributed by atoms with Gasteiger partial charge in [-0.2, -0.15) is 5.26 Å². The summed E-state index contributed by atoms with van der Waals surface area (Å²) in [5.41, 5.74) is 1.11. The van der Waals surface area contributed by atoms with Crippen LogP contribution in [0.5, 0.6) is 0 Å². The Labute approximate surface area is 114 Å². The summed E-state index contributed by atoms with van der Waals surface area (Å²) in [7, 11) is 0. The van der Waals surface area contributed by atoms with Gasteiger partial charge in [0.2, 0.25) is 0 Å². The lowest BCUT2D eigenvalue weighted by molar-refractivity contribution is -0.128. The Balaban J connectivity index is 2.16. The molecule has 2 rings (SSSR count). The highest BCUT2D eigenvalue weighted by molar-refractivity contribution is 6.01. The summed E-state index contributed by atoms with van der Waals surface area (Å²) in [4.78, 5) is 14.1. The van der Waals surface area contributed by atoms with E-state index in [2.05, 4.69) is 6.92 Å². The lowest BCUT2D eigenvalue weighted by atomic mass is 9.99. The van der Waals surface area contributed by atoms with Crippen LogP contribution in [0.15, 0.2) is 35.9 Å². The molecule has 1 amide bonds. The summed E-state index contributed by atoms with van der Waals surface area (Å²) in [5.74, 6) is 0.382. The zero-order chi connectivity index (χ0) is 13.7. The van der Waals surface area contributed by atoms with Crippen LogP contribution in [-0.4, -0.2) is 23.9 Å². The van der Waals surface area contributed by atoms with E-state index in [1.807, 2.05) is 36.4 Å². The molecule has 0 aromatic heterocycles. The molecular formula is C16H18N2O. The molecule has 0 N–H and O–H groups in total. The number of carbonyl (C=O) groups excluding carboxylic acids is 1. The van der Waals surface area contributed by atoms with Crippen LogP contribution in [0.1, 0.15) is 25.3 Å². The third-order valence-electron chi connectivity index (χ3n) is 3.41. The van der Waals surface area contributed by atoms with Crippen LogP contribution in [0.2, 0.25) is 0 Å². The van der Waals surface area contributed by atoms with Crippen LogP contribution in [-0.2, 0) is 4.79 Å². The average Bonchev–Trinajstić information content (AvgIpc) is 2.45. The van der Waals surface area contributed by atoms with Gasteiger partial charge in [0.15, 0.2) is 0 Å². The van der Waals surface area contributed by atoms with Gasteiger partial charge in [0.1, 0.15) is 11.6 Å². The van der Waals surface area contributed by atoms with Crippen molar-refractivity contribution in [1.29, 1.82) is 5.26 Å². The van der Waals surface area contributed by atoms with Crippen molar-refractivity contribution in [2.24, 2.45) is 5.92 Å². The van der Waals surface area contributed by atoms with Crippen molar-refractivity contribution in [2.75, 3.05) is 13.1 Å². The molecule has 1 fully saturated rings. The standard InChI is InChI=1S/C16H18N2O/c1-13-6-5-9-18(12-13)16(19)15(11-17)10-14-7-3-2-4-8-14/h2-4,7-8,10,13H,5-6,9,12H2,1H3/b15-10+/t13-/m1/s1. The summed E-state index contributed by atoms with van der Waals surface area (Å²) in [6.45, 7) is 3.66. The summed E-state index contributed by atoms with van der Waals surface area (Å²) in [6.07, 6.45) is 3.85. The molecule has 1 aliphatic heterocycles. The monoisotopic (exact) mass is 254 g/mol. The number of hydrogen-bond acceptors (Lipinski definition) is 2. The molecule has 3 heteroatoms. The Morgan fingerprint density at radius 2 is 2.16 bits per heavy atom. The van der Waals surface area contributed by atoms with Crippen molar-refractivity contribution in [3.8, 4) is 6.07 Å². The second kappa shape index (κ2) is 6.19. The molecule has 1 aliphatic rings. The molecule has 1 aromatic carbocycles. The number of nitrogens with zero attached hydrogens (tertiary/aromatic N) is 2. The van der Waals surface area contributed by atoms with Crippen LogP contribution in [0.25, 0.3) is 6.08 Å². The van der Waals surface area contributed by atoms with Gasteiger partial charge in [-0.25, -0.2) is 0 Å². The highest BCUT2D eigenvalue weighted by atomic mass is 16.2. The van der Waals surface area contributed by atoms with E-state index in [1.165, 1.54) is 0 Å². The molecule has 3 nitrogen and oxygen atoms in total. The molecule has 0 bridgehead atoms. The minimum atomic E-state index is -0.141. The van der Waals surface area contributed by atoms with Crippen LogP contribution in [0.4, 0.5) is 0 Å². The van der Waals surface area contributed by atoms with Gasteiger partial charge in [0.25, 0.3) is 5.91 Å². The molecule has 98 valence electrons. The minimum absolute atomic E-state index is 0.141. The maximum Gasteiger partial charge on any atom is 0.264 e. The fourth-order valence-electron chi connectivity index (χ4n) is 2.40. The van der Waals surface area contributed by atoms with Crippen LogP contribution >= 0.6 is 0 Å². The van der Waals surface area contributed by atoms with E-state index in [1.54, 1.807) is 11.0 Å². The first kappa shape index (κ1) is 13.4. The number of amides is 1. The van der Waals surface area contributed by atoms with Crippen molar-refractivity contribution < 1.29 is 4.79 Å². The van der Waals surface area contributed by atoms with Gasteiger partial charge in [-0.1, -0.05) is 37.3 Å². The van der Waals surface area contributed by atoms with E-state index in [0.717, 1.165) is 31.5 Å². The first-order chi connectivity index (χ1) is 9.20. The van der Waals surface area contributed by atoms with E-state index in [-0.39, 0.29) is 11.5 Å². The van der Waals surface area contributed by atoms with Crippen molar-refractivity contribution in [3.63, 3.8) is 0 Å². The smallest absolute Gasteiger partial charge is 0.264 e. The normalized spacial score (nSPS) is 19.9. The lowest BCUT2D eigenvalue weighted by Crippen LogP contribution is -2.39. The molecule has 19 heavy (non-hydrogen) atoms. The SMILES string of the molecule is C[C@@H]1CCCN(C(=O)/C(C#N)=C/c2ccccc2)C1. The molecule has 1 heterocycles. The highest BCUT2D eigenvalue weighted by Gasteiger charge is 2.23. The third-order valence-corrected chi connectivity index (χ3v) is 3.41. The maximum atomic E-state index is 12.3. The van der Waals surface area contributed by atoms with Crippen molar-refractivity contribution in [2.45, 2.75) is 19.8 Å². The Hall–Kier alpha value is -2.08. The lowest BCUT2D eigenvalue weighted by Gasteiger charge is -2.30. The van der Waals surface area contributed by atoms with Gasteiger partial charge >= 0.3 is 0 Å². The predicted octanol–water partition coefficient (Wildman–Crippen LogP) is 2.85. The largest absolute Gasteiger partial charge is 0.338 e. The van der Waals surface area contributed by atoms with Crippen LogP contribution in [0, 0.1) is 17.2 Å². The molecule has 0 spiro atoms. The van der Waals surface area contributed by atoms with Crippen LogP contribution < -0.4 is 0 Å². The molecule has 0 saturated carbocycles. The summed E-state index contributed by atoms with van der Waals surface area (Å²) < 4.78 is 0. The number of carbonyl (C=O) groups is 1. The molecule has 0 aliphatic carbocycles. The fraction of sp³-hybridized carbons (Fsp3) is 0.375. The van der Waals surface area contributed by atoms with Gasteiger partial charge in [-0.05, 0) is 30.4 Å². The number of rotatable bonds is 2. The summed E-state index contributed by atoms with van der Waals surface area (Å²) in [6, 6.07) is 11.5. The Morgan fingerprint density at radius 1 is 1.42 bits per heavy atom. The van der Waals surface area contributed by atoms with E-state index in [9.17, 15) is 10.1 Å². The van der Waals surface area contributed by atoms with Crippen molar-refractivity contribution in [1.82, 2.24) is 4.90 Å². The average molecular weight is 254 g/mol. The topological polar surface area (TPSA) is 44.1 Å². The van der Waals surface area contributed by atoms with Gasteiger partial charge in [0.05, 0.1) is 0 Å². The van der Waals surface area contributed by atoms with Gasteiger partial charge in [-0.15, -0.1) is 0 Å². The van der Waals surface area contributed by atoms with E-state index < -0.39 is 0 Å². The number of piperidine rings is 1. The first-order valence-electron chi connectivity index (χ1n) is 6.67. The van der Waals surface area contributed by atoms with E-state index >= 15 is 0 Å². The van der Waals surface area contributed by atoms with Gasteiger partial charge in [0, 0.05) is 13.1 Å². The molecular weight excluding hydrogens is 236 g/mol. The zero-order valence-electron chi connectivity index (χ0n) is 11.2. The Morgan fingerprint density at radius 3 is 2.79 bits per heavy atom. The van der Waals surface area contributed by atoms with Crippen molar-refractivity contribution >= 4 is 12.0 Å². The molecule has 0 unspecified atom stereocenters.